The fraction of sp³-hybridized carbons (Fsp3) is 0.933. The van der Waals surface area contributed by atoms with Crippen LogP contribution in [0.2, 0.25) is 0 Å². The van der Waals surface area contributed by atoms with Crippen LogP contribution in [-0.4, -0.2) is 29.8 Å². The van der Waals surface area contributed by atoms with E-state index < -0.39 is 0 Å². The summed E-state index contributed by atoms with van der Waals surface area (Å²) in [5.41, 5.74) is 0. The maximum absolute atomic E-state index is 11.7. The zero-order chi connectivity index (χ0) is 11.7. The normalized spacial score (nSPS) is 38.6. The van der Waals surface area contributed by atoms with Gasteiger partial charge in [0.15, 0.2) is 0 Å². The van der Waals surface area contributed by atoms with Gasteiger partial charge in [-0.3, -0.25) is 9.69 Å². The van der Waals surface area contributed by atoms with Crippen molar-refractivity contribution in [2.45, 2.75) is 63.8 Å². The third kappa shape index (κ3) is 2.57. The Morgan fingerprint density at radius 1 is 1.06 bits per heavy atom. The smallest absolute Gasteiger partial charge is 0.150 e. The molecule has 2 heteroatoms. The van der Waals surface area contributed by atoms with E-state index in [0.717, 1.165) is 24.9 Å². The molecule has 4 fully saturated rings. The van der Waals surface area contributed by atoms with Gasteiger partial charge in [-0.1, -0.05) is 32.1 Å². The van der Waals surface area contributed by atoms with Crippen LogP contribution in [0.4, 0.5) is 0 Å². The molecule has 0 spiro atoms. The summed E-state index contributed by atoms with van der Waals surface area (Å²) in [6, 6.07) is 0.744. The van der Waals surface area contributed by atoms with Gasteiger partial charge in [0.05, 0.1) is 6.54 Å². The molecule has 3 saturated heterocycles. The van der Waals surface area contributed by atoms with E-state index in [4.69, 9.17) is 0 Å². The fourth-order valence-corrected chi connectivity index (χ4v) is 4.13. The summed E-state index contributed by atoms with van der Waals surface area (Å²) in [7, 11) is 0. The standard InChI is InChI=1S/C15H25NO/c17-15-11-16-9-8-13(15)10-14(16)7-6-12-4-2-1-3-5-12/h12-14H,1-11H2. The van der Waals surface area contributed by atoms with Crippen LogP contribution in [0.3, 0.4) is 0 Å². The van der Waals surface area contributed by atoms with Gasteiger partial charge in [-0.15, -0.1) is 0 Å². The Labute approximate surface area is 105 Å². The molecule has 4 rings (SSSR count). The van der Waals surface area contributed by atoms with E-state index in [1.165, 1.54) is 57.9 Å². The minimum absolute atomic E-state index is 0.427. The average Bonchev–Trinajstić information content (AvgIpc) is 2.39. The Bertz CT molecular complexity index is 283. The van der Waals surface area contributed by atoms with E-state index in [2.05, 4.69) is 4.90 Å². The first-order valence-corrected chi connectivity index (χ1v) is 7.59. The van der Waals surface area contributed by atoms with Gasteiger partial charge in [0, 0.05) is 12.0 Å². The van der Waals surface area contributed by atoms with E-state index in [0.29, 0.717) is 11.7 Å². The van der Waals surface area contributed by atoms with Gasteiger partial charge in [0.2, 0.25) is 0 Å². The van der Waals surface area contributed by atoms with Crippen LogP contribution in [0, 0.1) is 11.8 Å². The Hall–Kier alpha value is -0.370. The number of fused-ring (bicyclic) bond motifs is 3. The molecule has 3 unspecified atom stereocenters. The van der Waals surface area contributed by atoms with Gasteiger partial charge < -0.3 is 0 Å². The predicted molar refractivity (Wildman–Crippen MR) is 68.9 cm³/mol. The number of rotatable bonds is 3. The van der Waals surface area contributed by atoms with E-state index in [9.17, 15) is 4.79 Å². The zero-order valence-corrected chi connectivity index (χ0v) is 10.9. The highest BCUT2D eigenvalue weighted by atomic mass is 16.1. The van der Waals surface area contributed by atoms with Crippen molar-refractivity contribution in [3.05, 3.63) is 0 Å². The zero-order valence-electron chi connectivity index (χ0n) is 10.9. The molecule has 3 aliphatic heterocycles. The first kappa shape index (κ1) is 11.7. The quantitative estimate of drug-likeness (QED) is 0.749. The number of nitrogens with zero attached hydrogens (tertiary/aromatic N) is 1. The molecule has 2 bridgehead atoms. The van der Waals surface area contributed by atoms with Crippen molar-refractivity contribution in [2.24, 2.45) is 11.8 Å². The van der Waals surface area contributed by atoms with Crippen LogP contribution in [0.25, 0.3) is 0 Å². The van der Waals surface area contributed by atoms with Gasteiger partial charge in [-0.05, 0) is 38.1 Å². The summed E-state index contributed by atoms with van der Waals surface area (Å²) in [6.45, 7) is 1.95. The second kappa shape index (κ2) is 5.09. The summed E-state index contributed by atoms with van der Waals surface area (Å²) in [5.74, 6) is 1.95. The molecule has 17 heavy (non-hydrogen) atoms. The summed E-state index contributed by atoms with van der Waals surface area (Å²) >= 11 is 0. The van der Waals surface area contributed by atoms with Crippen LogP contribution in [0.15, 0.2) is 0 Å². The molecule has 0 aromatic carbocycles. The van der Waals surface area contributed by atoms with Crippen LogP contribution >= 0.6 is 0 Å². The van der Waals surface area contributed by atoms with Crippen molar-refractivity contribution in [1.82, 2.24) is 4.90 Å². The van der Waals surface area contributed by atoms with Crippen LogP contribution < -0.4 is 0 Å². The van der Waals surface area contributed by atoms with Crippen molar-refractivity contribution in [1.29, 1.82) is 0 Å². The monoisotopic (exact) mass is 235 g/mol. The lowest BCUT2D eigenvalue weighted by atomic mass is 9.78. The second-order valence-corrected chi connectivity index (χ2v) is 6.39. The van der Waals surface area contributed by atoms with E-state index in [1.807, 2.05) is 0 Å². The number of hydrogen-bond donors (Lipinski definition) is 0. The molecule has 96 valence electrons. The minimum Gasteiger partial charge on any atom is -0.298 e. The number of Topliss-reactive ketones (excluding diaryl/α,β-unsaturated/α-hetero) is 1. The number of ketones is 1. The molecule has 3 heterocycles. The Balaban J connectivity index is 1.48. The number of hydrogen-bond acceptors (Lipinski definition) is 2. The first-order valence-electron chi connectivity index (χ1n) is 7.59. The third-order valence-electron chi connectivity index (χ3n) is 5.28. The molecule has 3 atom stereocenters. The van der Waals surface area contributed by atoms with Gasteiger partial charge in [-0.25, -0.2) is 0 Å². The summed E-state index contributed by atoms with van der Waals surface area (Å²) in [6.07, 6.45) is 12.4. The first-order chi connectivity index (χ1) is 8.33. The number of carbonyl (C=O) groups excluding carboxylic acids is 1. The molecular weight excluding hydrogens is 210 g/mol. The molecule has 0 N–H and O–H groups in total. The summed E-state index contributed by atoms with van der Waals surface area (Å²) in [5, 5.41) is 0. The molecule has 1 aliphatic carbocycles. The topological polar surface area (TPSA) is 20.3 Å². The highest BCUT2D eigenvalue weighted by Gasteiger charge is 2.38. The van der Waals surface area contributed by atoms with Crippen molar-refractivity contribution >= 4 is 5.78 Å². The van der Waals surface area contributed by atoms with E-state index in [1.54, 1.807) is 0 Å². The molecule has 2 nitrogen and oxygen atoms in total. The minimum atomic E-state index is 0.427. The third-order valence-corrected chi connectivity index (χ3v) is 5.28. The van der Waals surface area contributed by atoms with Gasteiger partial charge >= 0.3 is 0 Å². The maximum atomic E-state index is 11.7. The van der Waals surface area contributed by atoms with Crippen LogP contribution in [0.1, 0.15) is 57.8 Å². The van der Waals surface area contributed by atoms with E-state index >= 15 is 0 Å². The van der Waals surface area contributed by atoms with Crippen molar-refractivity contribution in [3.63, 3.8) is 0 Å². The SMILES string of the molecule is O=C1CN2CCC1CC2CCC1CCCCC1. The van der Waals surface area contributed by atoms with Gasteiger partial charge in [-0.2, -0.15) is 0 Å². The molecule has 0 aromatic heterocycles. The molecule has 1 saturated carbocycles. The van der Waals surface area contributed by atoms with Gasteiger partial charge in [0.25, 0.3) is 0 Å². The van der Waals surface area contributed by atoms with Crippen molar-refractivity contribution in [3.8, 4) is 0 Å². The van der Waals surface area contributed by atoms with Crippen molar-refractivity contribution < 1.29 is 4.79 Å². The number of carbonyl (C=O) groups is 1. The molecule has 4 aliphatic rings. The van der Waals surface area contributed by atoms with Crippen LogP contribution in [0.5, 0.6) is 0 Å². The van der Waals surface area contributed by atoms with Crippen LogP contribution in [-0.2, 0) is 4.79 Å². The lowest BCUT2D eigenvalue weighted by Gasteiger charge is -2.44. The largest absolute Gasteiger partial charge is 0.298 e. The molecule has 0 amide bonds. The molecule has 0 radical (unpaired) electrons. The fourth-order valence-electron chi connectivity index (χ4n) is 4.13. The average molecular weight is 235 g/mol. The molecular formula is C15H25NO. The Morgan fingerprint density at radius 2 is 1.88 bits per heavy atom. The predicted octanol–water partition coefficient (Wildman–Crippen LogP) is 3.01. The number of piperidine rings is 3. The lowest BCUT2D eigenvalue weighted by molar-refractivity contribution is -0.133. The Morgan fingerprint density at radius 3 is 2.53 bits per heavy atom. The second-order valence-electron chi connectivity index (χ2n) is 6.39. The Kier molecular flexibility index (Phi) is 3.51. The van der Waals surface area contributed by atoms with Crippen molar-refractivity contribution in [2.75, 3.05) is 13.1 Å². The lowest BCUT2D eigenvalue weighted by Crippen LogP contribution is -2.53. The summed E-state index contributed by atoms with van der Waals surface area (Å²) < 4.78 is 0. The highest BCUT2D eigenvalue weighted by molar-refractivity contribution is 5.84. The molecule has 0 aromatic rings. The maximum Gasteiger partial charge on any atom is 0.150 e. The summed E-state index contributed by atoms with van der Waals surface area (Å²) in [4.78, 5) is 14.1. The highest BCUT2D eigenvalue weighted by Crippen LogP contribution is 2.34. The van der Waals surface area contributed by atoms with E-state index in [-0.39, 0.29) is 0 Å². The van der Waals surface area contributed by atoms with Gasteiger partial charge in [0.1, 0.15) is 5.78 Å².